The third-order valence-corrected chi connectivity index (χ3v) is 5.63. The molecule has 1 aromatic carbocycles. The van der Waals surface area contributed by atoms with Crippen LogP contribution in [0.5, 0.6) is 0 Å². The smallest absolute Gasteiger partial charge is 0.146 e. The molecule has 2 nitrogen and oxygen atoms in total. The van der Waals surface area contributed by atoms with Crippen LogP contribution in [0.2, 0.25) is 0 Å². The van der Waals surface area contributed by atoms with Gasteiger partial charge in [0, 0.05) is 5.92 Å². The first kappa shape index (κ1) is 13.3. The maximum Gasteiger partial charge on any atom is 0.146 e. The molecule has 2 aliphatic carbocycles. The number of benzene rings is 1. The fourth-order valence-corrected chi connectivity index (χ4v) is 4.48. The summed E-state index contributed by atoms with van der Waals surface area (Å²) in [6.45, 7) is 5.56. The number of nitrogens with zero attached hydrogens (tertiary/aromatic N) is 1. The number of para-hydroxylation sites is 1. The van der Waals surface area contributed by atoms with Gasteiger partial charge in [0.05, 0.1) is 38.4 Å². The molecule has 2 bridgehead atoms. The van der Waals surface area contributed by atoms with E-state index >= 15 is 0 Å². The average Bonchev–Trinajstić information content (AvgIpc) is 3.11. The standard InChI is InChI=1S/C18H23FN2/c19-17-3-1-2-4-18(17)21-9-7-20(8-10-21)13-16-12-14-5-6-15(16)11-14/h1-6,14-16H,7-13H2/p+1/t14-,15+,16+/m1/s1. The second kappa shape index (κ2) is 5.45. The van der Waals surface area contributed by atoms with Gasteiger partial charge in [0.15, 0.2) is 0 Å². The Labute approximate surface area is 126 Å². The number of rotatable bonds is 3. The van der Waals surface area contributed by atoms with E-state index in [-0.39, 0.29) is 5.82 Å². The Bertz CT molecular complexity index is 534. The lowest BCUT2D eigenvalue weighted by molar-refractivity contribution is -0.904. The molecule has 0 unspecified atom stereocenters. The number of nitrogens with one attached hydrogen (secondary N) is 1. The third-order valence-electron chi connectivity index (χ3n) is 5.63. The molecule has 4 rings (SSSR count). The summed E-state index contributed by atoms with van der Waals surface area (Å²) in [6.07, 6.45) is 7.68. The number of hydrogen-bond acceptors (Lipinski definition) is 1. The summed E-state index contributed by atoms with van der Waals surface area (Å²) < 4.78 is 13.8. The lowest BCUT2D eigenvalue weighted by Crippen LogP contribution is -3.15. The number of allylic oxidation sites excluding steroid dienone is 2. The first-order valence-corrected chi connectivity index (χ1v) is 8.31. The zero-order valence-corrected chi connectivity index (χ0v) is 12.5. The lowest BCUT2D eigenvalue weighted by Gasteiger charge is -2.35. The highest BCUT2D eigenvalue weighted by molar-refractivity contribution is 5.47. The zero-order valence-electron chi connectivity index (χ0n) is 12.5. The second-order valence-electron chi connectivity index (χ2n) is 6.93. The minimum Gasteiger partial charge on any atom is -0.358 e. The van der Waals surface area contributed by atoms with Crippen molar-refractivity contribution >= 4 is 5.69 Å². The fraction of sp³-hybridized carbons (Fsp3) is 0.556. The van der Waals surface area contributed by atoms with Crippen molar-refractivity contribution in [2.24, 2.45) is 17.8 Å². The molecule has 0 spiro atoms. The molecule has 2 fully saturated rings. The summed E-state index contributed by atoms with van der Waals surface area (Å²) in [7, 11) is 0. The fourth-order valence-electron chi connectivity index (χ4n) is 4.48. The largest absolute Gasteiger partial charge is 0.358 e. The van der Waals surface area contributed by atoms with Gasteiger partial charge in [0.1, 0.15) is 5.82 Å². The summed E-state index contributed by atoms with van der Waals surface area (Å²) >= 11 is 0. The Balaban J connectivity index is 1.33. The van der Waals surface area contributed by atoms with Crippen LogP contribution in [0.15, 0.2) is 36.4 Å². The molecule has 0 radical (unpaired) electrons. The molecular formula is C18H24FN2+. The van der Waals surface area contributed by atoms with E-state index in [1.165, 1.54) is 19.4 Å². The van der Waals surface area contributed by atoms with E-state index in [1.807, 2.05) is 12.1 Å². The molecule has 1 aromatic rings. The third kappa shape index (κ3) is 2.59. The van der Waals surface area contributed by atoms with Gasteiger partial charge in [0.2, 0.25) is 0 Å². The second-order valence-corrected chi connectivity index (χ2v) is 6.93. The van der Waals surface area contributed by atoms with Crippen LogP contribution in [0.3, 0.4) is 0 Å². The van der Waals surface area contributed by atoms with Crippen LogP contribution >= 0.6 is 0 Å². The maximum atomic E-state index is 13.8. The van der Waals surface area contributed by atoms with Crippen molar-refractivity contribution in [1.29, 1.82) is 0 Å². The lowest BCUT2D eigenvalue weighted by atomic mass is 9.93. The van der Waals surface area contributed by atoms with Crippen molar-refractivity contribution in [2.45, 2.75) is 12.8 Å². The van der Waals surface area contributed by atoms with Crippen molar-refractivity contribution in [3.05, 3.63) is 42.2 Å². The highest BCUT2D eigenvalue weighted by Gasteiger charge is 2.38. The minimum atomic E-state index is -0.0841. The number of piperazine rings is 1. The number of quaternary nitrogens is 1. The molecule has 3 heteroatoms. The Kier molecular flexibility index (Phi) is 3.46. The normalized spacial score (nSPS) is 32.0. The summed E-state index contributed by atoms with van der Waals surface area (Å²) in [4.78, 5) is 3.92. The van der Waals surface area contributed by atoms with Gasteiger partial charge >= 0.3 is 0 Å². The van der Waals surface area contributed by atoms with Crippen molar-refractivity contribution in [3.8, 4) is 0 Å². The van der Waals surface area contributed by atoms with Gasteiger partial charge in [-0.15, -0.1) is 0 Å². The van der Waals surface area contributed by atoms with Gasteiger partial charge in [-0.1, -0.05) is 24.3 Å². The van der Waals surface area contributed by atoms with Crippen LogP contribution in [-0.2, 0) is 0 Å². The SMILES string of the molecule is Fc1ccccc1N1CC[NH+](C[C@@H]2C[C@@H]3C=C[C@H]2C3)CC1. The molecule has 112 valence electrons. The molecule has 1 heterocycles. The highest BCUT2D eigenvalue weighted by atomic mass is 19.1. The van der Waals surface area contributed by atoms with Crippen molar-refractivity contribution in [3.63, 3.8) is 0 Å². The molecule has 1 aliphatic heterocycles. The van der Waals surface area contributed by atoms with Gasteiger partial charge in [-0.3, -0.25) is 0 Å². The molecule has 3 aliphatic rings. The number of halogens is 1. The highest BCUT2D eigenvalue weighted by Crippen LogP contribution is 2.42. The van der Waals surface area contributed by atoms with Crippen LogP contribution in [-0.4, -0.2) is 32.7 Å². The van der Waals surface area contributed by atoms with Crippen molar-refractivity contribution in [2.75, 3.05) is 37.6 Å². The number of fused-ring (bicyclic) bond motifs is 2. The predicted molar refractivity (Wildman–Crippen MR) is 83.0 cm³/mol. The Morgan fingerprint density at radius 1 is 1.10 bits per heavy atom. The molecular weight excluding hydrogens is 263 g/mol. The quantitative estimate of drug-likeness (QED) is 0.832. The first-order valence-electron chi connectivity index (χ1n) is 8.31. The van der Waals surface area contributed by atoms with E-state index in [4.69, 9.17) is 0 Å². The first-order chi connectivity index (χ1) is 10.3. The van der Waals surface area contributed by atoms with Gasteiger partial charge in [-0.25, -0.2) is 4.39 Å². The van der Waals surface area contributed by atoms with E-state index in [2.05, 4.69) is 17.1 Å². The van der Waals surface area contributed by atoms with Crippen LogP contribution in [0.4, 0.5) is 10.1 Å². The van der Waals surface area contributed by atoms with E-state index in [9.17, 15) is 4.39 Å². The van der Waals surface area contributed by atoms with E-state index in [0.717, 1.165) is 49.6 Å². The van der Waals surface area contributed by atoms with Gasteiger partial charge < -0.3 is 9.80 Å². The number of anilines is 1. The van der Waals surface area contributed by atoms with E-state index in [0.29, 0.717) is 0 Å². The number of hydrogen-bond donors (Lipinski definition) is 1. The van der Waals surface area contributed by atoms with Gasteiger partial charge in [-0.2, -0.15) is 0 Å². The minimum absolute atomic E-state index is 0.0841. The summed E-state index contributed by atoms with van der Waals surface area (Å²) in [5, 5.41) is 0. The monoisotopic (exact) mass is 287 g/mol. The molecule has 0 amide bonds. The summed E-state index contributed by atoms with van der Waals surface area (Å²) in [5.74, 6) is 2.54. The molecule has 0 aromatic heterocycles. The average molecular weight is 287 g/mol. The summed E-state index contributed by atoms with van der Waals surface area (Å²) in [5.41, 5.74) is 0.777. The molecule has 3 atom stereocenters. The van der Waals surface area contributed by atoms with E-state index in [1.54, 1.807) is 17.0 Å². The Hall–Kier alpha value is -1.35. The Morgan fingerprint density at radius 3 is 2.57 bits per heavy atom. The van der Waals surface area contributed by atoms with Crippen LogP contribution in [0.1, 0.15) is 12.8 Å². The molecule has 1 N–H and O–H groups in total. The van der Waals surface area contributed by atoms with Crippen LogP contribution < -0.4 is 9.80 Å². The van der Waals surface area contributed by atoms with Gasteiger partial charge in [-0.05, 0) is 36.8 Å². The predicted octanol–water partition coefficient (Wildman–Crippen LogP) is 1.74. The van der Waals surface area contributed by atoms with E-state index < -0.39 is 0 Å². The maximum absolute atomic E-state index is 13.8. The van der Waals surface area contributed by atoms with Crippen molar-refractivity contribution in [1.82, 2.24) is 0 Å². The molecule has 21 heavy (non-hydrogen) atoms. The zero-order chi connectivity index (χ0) is 14.2. The summed E-state index contributed by atoms with van der Waals surface area (Å²) in [6, 6.07) is 7.17. The van der Waals surface area contributed by atoms with Crippen molar-refractivity contribution < 1.29 is 9.29 Å². The molecule has 1 saturated heterocycles. The topological polar surface area (TPSA) is 7.68 Å². The molecule has 1 saturated carbocycles. The Morgan fingerprint density at radius 2 is 1.90 bits per heavy atom. The van der Waals surface area contributed by atoms with Crippen LogP contribution in [0.25, 0.3) is 0 Å². The van der Waals surface area contributed by atoms with Gasteiger partial charge in [0.25, 0.3) is 0 Å². The van der Waals surface area contributed by atoms with Crippen LogP contribution in [0, 0.1) is 23.6 Å².